The maximum atomic E-state index is 11.8. The molecule has 138 valence electrons. The number of carbonyl (C=O) groups excluding carboxylic acids is 1. The lowest BCUT2D eigenvalue weighted by molar-refractivity contribution is -0.153. The summed E-state index contributed by atoms with van der Waals surface area (Å²) < 4.78 is 50.5. The Hall–Kier alpha value is -1.68. The van der Waals surface area contributed by atoms with Crippen LogP contribution >= 0.6 is 31.9 Å². The molecule has 0 bridgehead atoms. The van der Waals surface area contributed by atoms with Gasteiger partial charge in [-0.3, -0.25) is 0 Å². The average molecular weight is 489 g/mol. The second-order valence-corrected chi connectivity index (χ2v) is 5.89. The summed E-state index contributed by atoms with van der Waals surface area (Å²) in [5, 5.41) is 0.295. The Balaban J connectivity index is 0.000000257. The van der Waals surface area contributed by atoms with E-state index >= 15 is 0 Å². The first-order chi connectivity index (χ1) is 11.7. The molecular formula is C15H14Br2F3NO4. The van der Waals surface area contributed by atoms with Gasteiger partial charge in [0.05, 0.1) is 16.9 Å². The Morgan fingerprint density at radius 1 is 1.28 bits per heavy atom. The maximum absolute atomic E-state index is 11.8. The number of methoxy groups -OCH3 is 1. The normalized spacial score (nSPS) is 10.6. The third-order valence-electron chi connectivity index (χ3n) is 2.67. The van der Waals surface area contributed by atoms with E-state index in [-0.39, 0.29) is 12.4 Å². The third kappa shape index (κ3) is 7.39. The van der Waals surface area contributed by atoms with E-state index in [2.05, 4.69) is 41.0 Å². The van der Waals surface area contributed by atoms with Gasteiger partial charge in [0.15, 0.2) is 0 Å². The average Bonchev–Trinajstić information content (AvgIpc) is 3.04. The molecule has 1 amide bonds. The molecule has 0 aliphatic heterocycles. The molecule has 2 aromatic rings. The fraction of sp³-hybridized carbons (Fsp3) is 0.267. The van der Waals surface area contributed by atoms with Crippen LogP contribution in [0.3, 0.4) is 0 Å². The van der Waals surface area contributed by atoms with Crippen LogP contribution in [0, 0.1) is 0 Å². The summed E-state index contributed by atoms with van der Waals surface area (Å²) >= 11 is 6.29. The zero-order chi connectivity index (χ0) is 19.0. The minimum absolute atomic E-state index is 0.152. The van der Waals surface area contributed by atoms with Gasteiger partial charge in [-0.1, -0.05) is 22.0 Å². The Labute approximate surface area is 158 Å². The summed E-state index contributed by atoms with van der Waals surface area (Å²) in [5.74, 6) is 0.0137. The predicted octanol–water partition coefficient (Wildman–Crippen LogP) is 5.25. The van der Waals surface area contributed by atoms with Gasteiger partial charge in [0.2, 0.25) is 5.76 Å². The third-order valence-corrected chi connectivity index (χ3v) is 3.88. The first-order valence-corrected chi connectivity index (χ1v) is 8.55. The van der Waals surface area contributed by atoms with Crippen molar-refractivity contribution < 1.29 is 31.9 Å². The van der Waals surface area contributed by atoms with Crippen LogP contribution in [0.4, 0.5) is 18.0 Å². The molecule has 2 N–H and O–H groups in total. The highest BCUT2D eigenvalue weighted by molar-refractivity contribution is 9.10. The highest BCUT2D eigenvalue weighted by Gasteiger charge is 2.34. The highest BCUT2D eigenvalue weighted by atomic mass is 79.9. The van der Waals surface area contributed by atoms with E-state index in [1.165, 1.54) is 6.07 Å². The van der Waals surface area contributed by atoms with Crippen LogP contribution in [0.2, 0.25) is 0 Å². The standard InChI is InChI=1S/C9H10BrNO3.C6H4BrF3O/c1-13-8-4-6(2-3-7(8)10)5-14-9(11)12;7-3-4-1-2-5(11-4)6(8,9)10/h2-4H,5H2,1H3,(H2,11,12);1-2H,3H2. The summed E-state index contributed by atoms with van der Waals surface area (Å²) in [6.07, 6.45) is -5.16. The molecule has 1 aromatic heterocycles. The molecule has 0 spiro atoms. The topological polar surface area (TPSA) is 74.7 Å². The van der Waals surface area contributed by atoms with Crippen molar-refractivity contribution in [3.8, 4) is 5.75 Å². The first kappa shape index (κ1) is 21.4. The van der Waals surface area contributed by atoms with E-state index in [1.54, 1.807) is 13.2 Å². The number of halogens is 5. The molecule has 25 heavy (non-hydrogen) atoms. The summed E-state index contributed by atoms with van der Waals surface area (Å²) in [7, 11) is 1.57. The molecule has 0 saturated carbocycles. The summed E-state index contributed by atoms with van der Waals surface area (Å²) in [6, 6.07) is 7.61. The SMILES string of the molecule is COc1cc(COC(N)=O)ccc1Br.FC(F)(F)c1ccc(CBr)o1. The van der Waals surface area contributed by atoms with Crippen LogP contribution in [0.25, 0.3) is 0 Å². The van der Waals surface area contributed by atoms with Gasteiger partial charge in [-0.15, -0.1) is 0 Å². The number of carbonyl (C=O) groups is 1. The van der Waals surface area contributed by atoms with Gasteiger partial charge in [-0.25, -0.2) is 4.79 Å². The number of hydrogen-bond donors (Lipinski definition) is 1. The Morgan fingerprint density at radius 3 is 2.40 bits per heavy atom. The number of furan rings is 1. The molecule has 1 heterocycles. The lowest BCUT2D eigenvalue weighted by atomic mass is 10.2. The number of benzene rings is 1. The number of amides is 1. The fourth-order valence-electron chi connectivity index (χ4n) is 1.55. The number of nitrogens with two attached hydrogens (primary N) is 1. The quantitative estimate of drug-likeness (QED) is 0.596. The van der Waals surface area contributed by atoms with E-state index in [1.807, 2.05) is 12.1 Å². The maximum Gasteiger partial charge on any atom is 0.449 e. The van der Waals surface area contributed by atoms with Crippen LogP contribution in [-0.2, 0) is 22.9 Å². The minimum atomic E-state index is -4.37. The Bertz CT molecular complexity index is 704. The largest absolute Gasteiger partial charge is 0.496 e. The van der Waals surface area contributed by atoms with Gasteiger partial charge in [0.1, 0.15) is 18.1 Å². The van der Waals surface area contributed by atoms with Crippen LogP contribution in [-0.4, -0.2) is 13.2 Å². The zero-order valence-electron chi connectivity index (χ0n) is 12.9. The molecule has 2 rings (SSSR count). The van der Waals surface area contributed by atoms with Crippen molar-refractivity contribution in [2.45, 2.75) is 18.1 Å². The number of hydrogen-bond acceptors (Lipinski definition) is 4. The van der Waals surface area contributed by atoms with E-state index in [9.17, 15) is 18.0 Å². The molecule has 0 saturated heterocycles. The van der Waals surface area contributed by atoms with Gasteiger partial charge in [0.25, 0.3) is 0 Å². The number of rotatable bonds is 4. The van der Waals surface area contributed by atoms with Gasteiger partial charge < -0.3 is 19.6 Å². The summed E-state index contributed by atoms with van der Waals surface area (Å²) in [5.41, 5.74) is 5.66. The molecule has 0 atom stereocenters. The van der Waals surface area contributed by atoms with Crippen LogP contribution in [0.5, 0.6) is 5.75 Å². The van der Waals surface area contributed by atoms with Gasteiger partial charge >= 0.3 is 12.3 Å². The molecule has 1 aromatic carbocycles. The summed E-state index contributed by atoms with van der Waals surface area (Å²) in [6.45, 7) is 0.152. The van der Waals surface area contributed by atoms with Crippen molar-refractivity contribution in [3.05, 3.63) is 51.9 Å². The number of ether oxygens (including phenoxy) is 2. The molecule has 0 radical (unpaired) electrons. The van der Waals surface area contributed by atoms with E-state index < -0.39 is 18.0 Å². The molecular weight excluding hydrogens is 475 g/mol. The second-order valence-electron chi connectivity index (χ2n) is 4.47. The monoisotopic (exact) mass is 487 g/mol. The summed E-state index contributed by atoms with van der Waals surface area (Å²) in [4.78, 5) is 10.4. The molecule has 5 nitrogen and oxygen atoms in total. The minimum Gasteiger partial charge on any atom is -0.496 e. The molecule has 0 fully saturated rings. The van der Waals surface area contributed by atoms with Crippen molar-refractivity contribution in [2.75, 3.05) is 7.11 Å². The van der Waals surface area contributed by atoms with Crippen LogP contribution < -0.4 is 10.5 Å². The van der Waals surface area contributed by atoms with Gasteiger partial charge in [-0.05, 0) is 45.8 Å². The lowest BCUT2D eigenvalue weighted by Crippen LogP contribution is -2.12. The van der Waals surface area contributed by atoms with Crippen LogP contribution in [0.15, 0.2) is 39.2 Å². The van der Waals surface area contributed by atoms with Crippen molar-refractivity contribution in [2.24, 2.45) is 5.73 Å². The Kier molecular flexibility index (Phi) is 8.30. The highest BCUT2D eigenvalue weighted by Crippen LogP contribution is 2.31. The van der Waals surface area contributed by atoms with E-state index in [4.69, 9.17) is 10.5 Å². The molecule has 0 aliphatic rings. The number of primary amides is 1. The van der Waals surface area contributed by atoms with E-state index in [0.29, 0.717) is 11.1 Å². The van der Waals surface area contributed by atoms with Crippen molar-refractivity contribution in [1.29, 1.82) is 0 Å². The molecule has 0 unspecified atom stereocenters. The second kappa shape index (κ2) is 9.71. The van der Waals surface area contributed by atoms with Gasteiger partial charge in [-0.2, -0.15) is 13.2 Å². The molecule has 0 aliphatic carbocycles. The van der Waals surface area contributed by atoms with Crippen molar-refractivity contribution in [1.82, 2.24) is 0 Å². The fourth-order valence-corrected chi connectivity index (χ4v) is 2.26. The van der Waals surface area contributed by atoms with Gasteiger partial charge in [0, 0.05) is 0 Å². The lowest BCUT2D eigenvalue weighted by Gasteiger charge is -2.06. The smallest absolute Gasteiger partial charge is 0.449 e. The van der Waals surface area contributed by atoms with Crippen molar-refractivity contribution in [3.63, 3.8) is 0 Å². The molecule has 10 heteroatoms. The van der Waals surface area contributed by atoms with Crippen LogP contribution in [0.1, 0.15) is 17.1 Å². The van der Waals surface area contributed by atoms with Crippen molar-refractivity contribution >= 4 is 38.0 Å². The predicted molar refractivity (Wildman–Crippen MR) is 91.4 cm³/mol. The van der Waals surface area contributed by atoms with E-state index in [0.717, 1.165) is 16.1 Å². The first-order valence-electron chi connectivity index (χ1n) is 6.64. The Morgan fingerprint density at radius 2 is 1.96 bits per heavy atom. The number of alkyl halides is 4. The zero-order valence-corrected chi connectivity index (χ0v) is 16.1.